The number of benzene rings is 2. The Balaban J connectivity index is 1.77. The molecule has 0 bridgehead atoms. The maximum absolute atomic E-state index is 12.9. The van der Waals surface area contributed by atoms with Gasteiger partial charge in [0.05, 0.1) is 18.0 Å². The summed E-state index contributed by atoms with van der Waals surface area (Å²) in [4.78, 5) is 14.6. The van der Waals surface area contributed by atoms with Gasteiger partial charge in [-0.2, -0.15) is 5.10 Å². The van der Waals surface area contributed by atoms with Crippen LogP contribution in [0.5, 0.6) is 0 Å². The van der Waals surface area contributed by atoms with Crippen LogP contribution in [0, 0.1) is 6.92 Å². The molecule has 1 atom stereocenters. The number of thioether (sulfide) groups is 1. The fourth-order valence-corrected chi connectivity index (χ4v) is 4.01. The molecule has 1 amide bonds. The number of unbranched alkanes of at least 4 members (excludes halogenated alkanes) is 1. The van der Waals surface area contributed by atoms with Crippen molar-refractivity contribution in [1.29, 1.82) is 0 Å². The van der Waals surface area contributed by atoms with Gasteiger partial charge in [0.25, 0.3) is 0 Å². The molecule has 4 nitrogen and oxygen atoms in total. The summed E-state index contributed by atoms with van der Waals surface area (Å²) in [6, 6.07) is 18.1. The molecule has 27 heavy (non-hydrogen) atoms. The van der Waals surface area contributed by atoms with Crippen molar-refractivity contribution in [3.8, 4) is 0 Å². The molecule has 2 aromatic carbocycles. The van der Waals surface area contributed by atoms with E-state index in [9.17, 15) is 4.79 Å². The molecule has 0 radical (unpaired) electrons. The van der Waals surface area contributed by atoms with Gasteiger partial charge < -0.3 is 0 Å². The summed E-state index contributed by atoms with van der Waals surface area (Å²) < 4.78 is 0. The molecular formula is C22H25N3OS. The third-order valence-electron chi connectivity index (χ3n) is 4.45. The van der Waals surface area contributed by atoms with Crippen LogP contribution >= 0.6 is 11.8 Å². The van der Waals surface area contributed by atoms with E-state index in [1.54, 1.807) is 11.1 Å². The van der Waals surface area contributed by atoms with E-state index in [1.165, 1.54) is 17.3 Å². The lowest BCUT2D eigenvalue weighted by atomic mass is 10.1. The van der Waals surface area contributed by atoms with Gasteiger partial charge in [-0.25, -0.2) is 0 Å². The van der Waals surface area contributed by atoms with Crippen LogP contribution in [-0.2, 0) is 11.3 Å². The number of rotatable bonds is 7. The lowest BCUT2D eigenvalue weighted by Crippen LogP contribution is -2.31. The molecule has 0 N–H and O–H groups in total. The number of hydrogen-bond acceptors (Lipinski definition) is 4. The normalized spacial score (nSPS) is 18.7. The van der Waals surface area contributed by atoms with Crippen molar-refractivity contribution in [2.24, 2.45) is 10.2 Å². The van der Waals surface area contributed by atoms with Crippen LogP contribution in [0.2, 0.25) is 0 Å². The van der Waals surface area contributed by atoms with E-state index in [-0.39, 0.29) is 11.2 Å². The van der Waals surface area contributed by atoms with Gasteiger partial charge in [-0.15, -0.1) is 5.10 Å². The van der Waals surface area contributed by atoms with E-state index < -0.39 is 0 Å². The SMILES string of the molecule is CCCC[C@@H]1S/C(=N\N=C/c2ccc(C)cc2)N(Cc2ccccc2)C1=O. The van der Waals surface area contributed by atoms with Crippen molar-refractivity contribution in [2.45, 2.75) is 44.9 Å². The molecule has 1 saturated heterocycles. The first kappa shape index (κ1) is 19.4. The summed E-state index contributed by atoms with van der Waals surface area (Å²) in [6.07, 6.45) is 4.74. The van der Waals surface area contributed by atoms with E-state index in [0.29, 0.717) is 11.7 Å². The number of carbonyl (C=O) groups is 1. The summed E-state index contributed by atoms with van der Waals surface area (Å²) in [5.74, 6) is 0.140. The highest BCUT2D eigenvalue weighted by Crippen LogP contribution is 2.32. The highest BCUT2D eigenvalue weighted by Gasteiger charge is 2.37. The number of amides is 1. The zero-order valence-electron chi connectivity index (χ0n) is 15.8. The number of amidine groups is 1. The first-order valence-electron chi connectivity index (χ1n) is 9.37. The fourth-order valence-electron chi connectivity index (χ4n) is 2.87. The Bertz CT molecular complexity index is 815. The Hall–Kier alpha value is -2.40. The molecule has 0 aliphatic carbocycles. The van der Waals surface area contributed by atoms with Crippen LogP contribution < -0.4 is 0 Å². The quantitative estimate of drug-likeness (QED) is 0.501. The van der Waals surface area contributed by atoms with Crippen molar-refractivity contribution >= 4 is 29.1 Å². The van der Waals surface area contributed by atoms with Gasteiger partial charge in [0.2, 0.25) is 5.91 Å². The minimum Gasteiger partial charge on any atom is -0.284 e. The second kappa shape index (κ2) is 9.51. The predicted octanol–water partition coefficient (Wildman–Crippen LogP) is 5.02. The average Bonchev–Trinajstić information content (AvgIpc) is 2.98. The van der Waals surface area contributed by atoms with Gasteiger partial charge >= 0.3 is 0 Å². The largest absolute Gasteiger partial charge is 0.284 e. The minimum atomic E-state index is -0.0537. The summed E-state index contributed by atoms with van der Waals surface area (Å²) >= 11 is 1.54. The molecule has 140 valence electrons. The second-order valence-corrected chi connectivity index (χ2v) is 7.87. The summed E-state index contributed by atoms with van der Waals surface area (Å²) in [7, 11) is 0. The lowest BCUT2D eigenvalue weighted by Gasteiger charge is -2.15. The predicted molar refractivity (Wildman–Crippen MR) is 114 cm³/mol. The first-order chi connectivity index (χ1) is 13.2. The molecule has 0 unspecified atom stereocenters. The Morgan fingerprint density at radius 3 is 2.56 bits per heavy atom. The van der Waals surface area contributed by atoms with Crippen molar-refractivity contribution in [1.82, 2.24) is 4.90 Å². The number of hydrogen-bond donors (Lipinski definition) is 0. The van der Waals surface area contributed by atoms with Crippen molar-refractivity contribution in [2.75, 3.05) is 0 Å². The monoisotopic (exact) mass is 379 g/mol. The van der Waals surface area contributed by atoms with Crippen molar-refractivity contribution in [3.63, 3.8) is 0 Å². The standard InChI is InChI=1S/C22H25N3OS/c1-3-4-10-20-21(26)25(16-19-8-6-5-7-9-19)22(27-20)24-23-15-18-13-11-17(2)12-14-18/h5-9,11-15,20H,3-4,10,16H2,1-2H3/b23-15-,24-22-/t20-/m0/s1. The number of aryl methyl sites for hydroxylation is 1. The Morgan fingerprint density at radius 2 is 1.85 bits per heavy atom. The molecule has 0 spiro atoms. The van der Waals surface area contributed by atoms with Gasteiger partial charge in [0, 0.05) is 0 Å². The zero-order valence-corrected chi connectivity index (χ0v) is 16.7. The highest BCUT2D eigenvalue weighted by atomic mass is 32.2. The van der Waals surface area contributed by atoms with Crippen LogP contribution in [0.3, 0.4) is 0 Å². The third kappa shape index (κ3) is 5.30. The number of carbonyl (C=O) groups excluding carboxylic acids is 1. The first-order valence-corrected chi connectivity index (χ1v) is 10.2. The molecule has 1 heterocycles. The summed E-state index contributed by atoms with van der Waals surface area (Å²) in [5.41, 5.74) is 3.30. The lowest BCUT2D eigenvalue weighted by molar-refractivity contribution is -0.126. The van der Waals surface area contributed by atoms with Gasteiger partial charge in [-0.1, -0.05) is 91.7 Å². The molecule has 3 rings (SSSR count). The van der Waals surface area contributed by atoms with Gasteiger partial charge in [-0.05, 0) is 24.5 Å². The van der Waals surface area contributed by atoms with Crippen molar-refractivity contribution < 1.29 is 4.79 Å². The molecule has 0 saturated carbocycles. The third-order valence-corrected chi connectivity index (χ3v) is 5.69. The summed E-state index contributed by atoms with van der Waals surface area (Å²) in [5, 5.41) is 9.26. The second-order valence-electron chi connectivity index (χ2n) is 6.70. The van der Waals surface area contributed by atoms with E-state index in [2.05, 4.69) is 24.1 Å². The maximum Gasteiger partial charge on any atom is 0.242 e. The smallest absolute Gasteiger partial charge is 0.242 e. The maximum atomic E-state index is 12.9. The molecule has 2 aromatic rings. The topological polar surface area (TPSA) is 45.0 Å². The molecular weight excluding hydrogens is 354 g/mol. The van der Waals surface area contributed by atoms with Crippen LogP contribution in [0.4, 0.5) is 0 Å². The molecule has 5 heteroatoms. The van der Waals surface area contributed by atoms with E-state index in [4.69, 9.17) is 0 Å². The van der Waals surface area contributed by atoms with E-state index in [1.807, 2.05) is 54.6 Å². The Morgan fingerprint density at radius 1 is 1.11 bits per heavy atom. The zero-order chi connectivity index (χ0) is 19.1. The molecule has 1 aliphatic rings. The van der Waals surface area contributed by atoms with E-state index in [0.717, 1.165) is 30.4 Å². The molecule has 0 aromatic heterocycles. The van der Waals surface area contributed by atoms with Gasteiger partial charge in [-0.3, -0.25) is 9.69 Å². The minimum absolute atomic E-state index is 0.0537. The van der Waals surface area contributed by atoms with Crippen LogP contribution in [0.15, 0.2) is 64.8 Å². The average molecular weight is 380 g/mol. The molecule has 1 fully saturated rings. The van der Waals surface area contributed by atoms with E-state index >= 15 is 0 Å². The van der Waals surface area contributed by atoms with Gasteiger partial charge in [0.1, 0.15) is 0 Å². The highest BCUT2D eigenvalue weighted by molar-refractivity contribution is 8.15. The molecule has 1 aliphatic heterocycles. The van der Waals surface area contributed by atoms with Crippen LogP contribution in [0.25, 0.3) is 0 Å². The fraction of sp³-hybridized carbons (Fsp3) is 0.318. The summed E-state index contributed by atoms with van der Waals surface area (Å²) in [6.45, 7) is 4.74. The van der Waals surface area contributed by atoms with Crippen molar-refractivity contribution in [3.05, 3.63) is 71.3 Å². The Kier molecular flexibility index (Phi) is 6.82. The van der Waals surface area contributed by atoms with Crippen LogP contribution in [-0.4, -0.2) is 27.4 Å². The Labute approximate surface area is 165 Å². The van der Waals surface area contributed by atoms with Crippen LogP contribution in [0.1, 0.15) is 42.9 Å². The van der Waals surface area contributed by atoms with Gasteiger partial charge in [0.15, 0.2) is 5.17 Å². The number of nitrogens with zero attached hydrogens (tertiary/aromatic N) is 3.